The summed E-state index contributed by atoms with van der Waals surface area (Å²) in [6.07, 6.45) is -0.933. The van der Waals surface area contributed by atoms with E-state index in [-0.39, 0.29) is 13.2 Å². The van der Waals surface area contributed by atoms with Gasteiger partial charge in [0.05, 0.1) is 6.54 Å². The van der Waals surface area contributed by atoms with E-state index in [1.807, 2.05) is 75.4 Å². The van der Waals surface area contributed by atoms with E-state index in [1.54, 1.807) is 4.90 Å². The average molecular weight is 357 g/mol. The van der Waals surface area contributed by atoms with Crippen LogP contribution in [0.25, 0.3) is 0 Å². The van der Waals surface area contributed by atoms with Crippen molar-refractivity contribution in [2.75, 3.05) is 24.7 Å². The van der Waals surface area contributed by atoms with E-state index in [0.717, 1.165) is 16.8 Å². The molecule has 0 aliphatic rings. The Morgan fingerprint density at radius 2 is 1.58 bits per heavy atom. The van der Waals surface area contributed by atoms with Gasteiger partial charge in [-0.15, -0.1) is 0 Å². The van der Waals surface area contributed by atoms with Crippen molar-refractivity contribution in [3.05, 3.63) is 65.7 Å². The number of aryl methyl sites for hydroxylation is 1. The number of nitrogens with zero attached hydrogens (tertiary/aromatic N) is 1. The number of amides is 1. The van der Waals surface area contributed by atoms with Gasteiger partial charge in [-0.3, -0.25) is 4.90 Å². The van der Waals surface area contributed by atoms with Crippen LogP contribution in [-0.2, 0) is 20.8 Å². The molecule has 0 bridgehead atoms. The number of anilines is 1. The molecule has 0 atom stereocenters. The molecule has 1 amide bonds. The maximum absolute atomic E-state index is 12.7. The third-order valence-corrected chi connectivity index (χ3v) is 3.81. The van der Waals surface area contributed by atoms with Crippen LogP contribution in [0, 0.1) is 6.92 Å². The molecule has 0 saturated carbocycles. The maximum Gasteiger partial charge on any atom is 0.414 e. The zero-order valence-corrected chi connectivity index (χ0v) is 15.7. The summed E-state index contributed by atoms with van der Waals surface area (Å²) in [7, 11) is 0. The van der Waals surface area contributed by atoms with Crippen LogP contribution >= 0.6 is 0 Å². The van der Waals surface area contributed by atoms with Crippen molar-refractivity contribution < 1.29 is 19.0 Å². The Morgan fingerprint density at radius 3 is 2.15 bits per heavy atom. The largest absolute Gasteiger partial charge is 0.444 e. The molecule has 0 spiro atoms. The summed E-state index contributed by atoms with van der Waals surface area (Å²) in [5.41, 5.74) is 2.81. The first kappa shape index (κ1) is 19.9. The zero-order valence-electron chi connectivity index (χ0n) is 15.7. The molecule has 0 radical (unpaired) electrons. The minimum Gasteiger partial charge on any atom is -0.444 e. The highest BCUT2D eigenvalue weighted by atomic mass is 16.7. The number of rotatable bonds is 9. The van der Waals surface area contributed by atoms with Gasteiger partial charge in [-0.05, 0) is 38.5 Å². The van der Waals surface area contributed by atoms with Crippen molar-refractivity contribution in [1.29, 1.82) is 0 Å². The molecule has 2 aromatic rings. The Morgan fingerprint density at radius 1 is 0.962 bits per heavy atom. The van der Waals surface area contributed by atoms with Crippen LogP contribution in [0.15, 0.2) is 54.6 Å². The highest BCUT2D eigenvalue weighted by molar-refractivity contribution is 5.87. The minimum atomic E-state index is -0.504. The number of hydrogen-bond acceptors (Lipinski definition) is 4. The second-order valence-electron chi connectivity index (χ2n) is 5.83. The van der Waals surface area contributed by atoms with E-state index in [2.05, 4.69) is 0 Å². The Bertz CT molecular complexity index is 651. The number of carbonyl (C=O) groups excluding carboxylic acids is 1. The molecule has 5 heteroatoms. The summed E-state index contributed by atoms with van der Waals surface area (Å²) in [4.78, 5) is 14.3. The summed E-state index contributed by atoms with van der Waals surface area (Å²) in [5, 5.41) is 0. The van der Waals surface area contributed by atoms with E-state index < -0.39 is 12.4 Å². The van der Waals surface area contributed by atoms with Gasteiger partial charge in [0.15, 0.2) is 6.29 Å². The molecule has 140 valence electrons. The van der Waals surface area contributed by atoms with Crippen molar-refractivity contribution in [2.24, 2.45) is 0 Å². The molecule has 26 heavy (non-hydrogen) atoms. The summed E-state index contributed by atoms with van der Waals surface area (Å²) in [6.45, 7) is 7.29. The minimum absolute atomic E-state index is 0.218. The van der Waals surface area contributed by atoms with Crippen molar-refractivity contribution >= 4 is 11.8 Å². The lowest BCUT2D eigenvalue weighted by Crippen LogP contribution is -2.40. The fourth-order valence-corrected chi connectivity index (χ4v) is 2.48. The summed E-state index contributed by atoms with van der Waals surface area (Å²) < 4.78 is 16.7. The van der Waals surface area contributed by atoms with Crippen LogP contribution in [0.2, 0.25) is 0 Å². The predicted molar refractivity (Wildman–Crippen MR) is 102 cm³/mol. The summed E-state index contributed by atoms with van der Waals surface area (Å²) >= 11 is 0. The highest BCUT2D eigenvalue weighted by Gasteiger charge is 2.22. The fourth-order valence-electron chi connectivity index (χ4n) is 2.48. The lowest BCUT2D eigenvalue weighted by atomic mass is 10.2. The van der Waals surface area contributed by atoms with Gasteiger partial charge in [0.25, 0.3) is 0 Å². The van der Waals surface area contributed by atoms with E-state index in [4.69, 9.17) is 14.2 Å². The Labute approximate surface area is 155 Å². The van der Waals surface area contributed by atoms with Gasteiger partial charge in [0.1, 0.15) is 6.61 Å². The smallest absolute Gasteiger partial charge is 0.414 e. The average Bonchev–Trinajstić information content (AvgIpc) is 2.66. The molecule has 0 saturated heterocycles. The maximum atomic E-state index is 12.7. The van der Waals surface area contributed by atoms with Crippen LogP contribution in [-0.4, -0.2) is 32.1 Å². The molecule has 5 nitrogen and oxygen atoms in total. The predicted octanol–water partition coefficient (Wildman–Crippen LogP) is 4.54. The van der Waals surface area contributed by atoms with Gasteiger partial charge in [-0.1, -0.05) is 48.0 Å². The monoisotopic (exact) mass is 357 g/mol. The van der Waals surface area contributed by atoms with E-state index in [9.17, 15) is 4.79 Å². The normalized spacial score (nSPS) is 10.8. The number of benzene rings is 2. The molecule has 0 aromatic heterocycles. The van der Waals surface area contributed by atoms with Gasteiger partial charge in [-0.25, -0.2) is 4.79 Å². The Kier molecular flexibility index (Phi) is 8.12. The van der Waals surface area contributed by atoms with Crippen molar-refractivity contribution in [3.63, 3.8) is 0 Å². The quantitative estimate of drug-likeness (QED) is 0.618. The number of carbonyl (C=O) groups is 1. The lowest BCUT2D eigenvalue weighted by molar-refractivity contribution is -0.129. The second-order valence-corrected chi connectivity index (χ2v) is 5.83. The lowest BCUT2D eigenvalue weighted by Gasteiger charge is -2.27. The van der Waals surface area contributed by atoms with Gasteiger partial charge in [-0.2, -0.15) is 0 Å². The van der Waals surface area contributed by atoms with Crippen LogP contribution in [0.4, 0.5) is 10.5 Å². The van der Waals surface area contributed by atoms with Crippen LogP contribution in [0.1, 0.15) is 25.0 Å². The van der Waals surface area contributed by atoms with Crippen LogP contribution in [0.5, 0.6) is 0 Å². The Hall–Kier alpha value is -2.37. The summed E-state index contributed by atoms with van der Waals surface area (Å²) in [6, 6.07) is 17.3. The standard InChI is InChI=1S/C21H27NO4/c1-4-24-20(25-5-2)15-22(19-13-11-17(3)12-14-19)21(23)26-16-18-9-7-6-8-10-18/h6-14,20H,4-5,15-16H2,1-3H3. The van der Waals surface area contributed by atoms with Crippen molar-refractivity contribution in [1.82, 2.24) is 0 Å². The molecule has 0 fully saturated rings. The van der Waals surface area contributed by atoms with Crippen LogP contribution < -0.4 is 4.90 Å². The van der Waals surface area contributed by atoms with Crippen molar-refractivity contribution in [2.45, 2.75) is 33.7 Å². The van der Waals surface area contributed by atoms with Crippen LogP contribution in [0.3, 0.4) is 0 Å². The van der Waals surface area contributed by atoms with E-state index in [0.29, 0.717) is 13.2 Å². The molecular weight excluding hydrogens is 330 g/mol. The molecule has 2 rings (SSSR count). The third kappa shape index (κ3) is 6.17. The Balaban J connectivity index is 2.12. The summed E-state index contributed by atoms with van der Waals surface area (Å²) in [5.74, 6) is 0. The molecule has 0 unspecified atom stereocenters. The van der Waals surface area contributed by atoms with Gasteiger partial charge >= 0.3 is 6.09 Å². The van der Waals surface area contributed by atoms with Gasteiger partial charge in [0.2, 0.25) is 0 Å². The van der Waals surface area contributed by atoms with Gasteiger partial charge < -0.3 is 14.2 Å². The third-order valence-electron chi connectivity index (χ3n) is 3.81. The molecule has 0 N–H and O–H groups in total. The highest BCUT2D eigenvalue weighted by Crippen LogP contribution is 2.18. The van der Waals surface area contributed by atoms with Crippen molar-refractivity contribution in [3.8, 4) is 0 Å². The van der Waals surface area contributed by atoms with E-state index in [1.165, 1.54) is 0 Å². The first-order valence-corrected chi connectivity index (χ1v) is 8.92. The zero-order chi connectivity index (χ0) is 18.8. The number of hydrogen-bond donors (Lipinski definition) is 0. The molecule has 0 aliphatic heterocycles. The first-order valence-electron chi connectivity index (χ1n) is 8.92. The topological polar surface area (TPSA) is 48.0 Å². The van der Waals surface area contributed by atoms with Gasteiger partial charge in [0, 0.05) is 18.9 Å². The molecule has 0 aliphatic carbocycles. The first-order chi connectivity index (χ1) is 12.6. The molecule has 0 heterocycles. The van der Waals surface area contributed by atoms with E-state index >= 15 is 0 Å². The molecular formula is C21H27NO4. The fraction of sp³-hybridized carbons (Fsp3) is 0.381. The molecule has 2 aromatic carbocycles. The second kappa shape index (κ2) is 10.6. The number of ether oxygens (including phenoxy) is 3. The SMILES string of the molecule is CCOC(CN(C(=O)OCc1ccccc1)c1ccc(C)cc1)OCC.